The van der Waals surface area contributed by atoms with Crippen molar-refractivity contribution in [2.45, 2.75) is 6.92 Å². The average molecular weight is 398 g/mol. The fourth-order valence-electron chi connectivity index (χ4n) is 1.91. The number of nitrogens with one attached hydrogen (secondary N) is 1. The Kier molecular flexibility index (Phi) is 4.33. The molecule has 0 spiro atoms. The standard InChI is InChI=1S/C15H10BrClN2O2S/c1-8-2-4-10(21-8)7-18-19-15(20)14-13(17)11-5-3-9(16)6-12(11)22-14/h2-7H,1H3,(H,19,20)/b18-7-. The molecule has 1 amide bonds. The van der Waals surface area contributed by atoms with Crippen molar-refractivity contribution < 1.29 is 9.21 Å². The van der Waals surface area contributed by atoms with E-state index in [-0.39, 0.29) is 5.91 Å². The van der Waals surface area contributed by atoms with E-state index in [1.165, 1.54) is 17.6 Å². The minimum Gasteiger partial charge on any atom is -0.460 e. The first-order valence-electron chi connectivity index (χ1n) is 6.32. The fraction of sp³-hybridized carbons (Fsp3) is 0.0667. The van der Waals surface area contributed by atoms with Crippen molar-refractivity contribution in [2.24, 2.45) is 5.10 Å². The molecule has 0 saturated heterocycles. The van der Waals surface area contributed by atoms with Gasteiger partial charge in [0.25, 0.3) is 5.91 Å². The highest BCUT2D eigenvalue weighted by Crippen LogP contribution is 2.36. The van der Waals surface area contributed by atoms with Gasteiger partial charge in [0.1, 0.15) is 16.4 Å². The quantitative estimate of drug-likeness (QED) is 0.500. The molecule has 7 heteroatoms. The second kappa shape index (κ2) is 6.24. The van der Waals surface area contributed by atoms with Gasteiger partial charge in [-0.05, 0) is 31.2 Å². The van der Waals surface area contributed by atoms with Gasteiger partial charge >= 0.3 is 0 Å². The number of thiophene rings is 1. The summed E-state index contributed by atoms with van der Waals surface area (Å²) in [5, 5.41) is 5.17. The molecule has 0 aliphatic carbocycles. The van der Waals surface area contributed by atoms with Crippen LogP contribution in [0.3, 0.4) is 0 Å². The van der Waals surface area contributed by atoms with Gasteiger partial charge in [0, 0.05) is 14.6 Å². The smallest absolute Gasteiger partial charge is 0.283 e. The first-order chi connectivity index (χ1) is 10.5. The summed E-state index contributed by atoms with van der Waals surface area (Å²) in [7, 11) is 0. The SMILES string of the molecule is Cc1ccc(/C=N\NC(=O)c2sc3cc(Br)ccc3c2Cl)o1. The van der Waals surface area contributed by atoms with E-state index >= 15 is 0 Å². The zero-order valence-electron chi connectivity index (χ0n) is 11.4. The van der Waals surface area contributed by atoms with Crippen molar-refractivity contribution in [3.05, 3.63) is 56.2 Å². The lowest BCUT2D eigenvalue weighted by Crippen LogP contribution is -2.16. The van der Waals surface area contributed by atoms with Crippen LogP contribution in [0.1, 0.15) is 21.2 Å². The summed E-state index contributed by atoms with van der Waals surface area (Å²) >= 11 is 11.0. The van der Waals surface area contributed by atoms with Gasteiger partial charge in [-0.1, -0.05) is 33.6 Å². The monoisotopic (exact) mass is 396 g/mol. The number of rotatable bonds is 3. The third kappa shape index (κ3) is 3.09. The molecule has 2 heterocycles. The molecule has 0 saturated carbocycles. The van der Waals surface area contributed by atoms with Gasteiger partial charge in [0.2, 0.25) is 0 Å². The maximum atomic E-state index is 12.2. The Bertz CT molecular complexity index is 885. The summed E-state index contributed by atoms with van der Waals surface area (Å²) in [6, 6.07) is 9.29. The number of furan rings is 1. The Labute approximate surface area is 143 Å². The minimum absolute atomic E-state index is 0.346. The maximum absolute atomic E-state index is 12.2. The molecule has 112 valence electrons. The molecule has 0 unspecified atom stereocenters. The molecule has 0 aliphatic heterocycles. The second-order valence-corrected chi connectivity index (χ2v) is 6.88. The predicted molar refractivity (Wildman–Crippen MR) is 93.0 cm³/mol. The van der Waals surface area contributed by atoms with Crippen molar-refractivity contribution in [3.63, 3.8) is 0 Å². The molecule has 0 aliphatic rings. The number of hydrogen-bond acceptors (Lipinski definition) is 4. The van der Waals surface area contributed by atoms with Crippen molar-refractivity contribution in [2.75, 3.05) is 0 Å². The molecule has 1 N–H and O–H groups in total. The number of halogens is 2. The first kappa shape index (κ1) is 15.3. The van der Waals surface area contributed by atoms with Crippen molar-refractivity contribution >= 4 is 61.1 Å². The number of fused-ring (bicyclic) bond motifs is 1. The van der Waals surface area contributed by atoms with E-state index < -0.39 is 0 Å². The molecule has 0 fully saturated rings. The third-order valence-corrected chi connectivity index (χ3v) is 5.07. The number of hydrogen-bond donors (Lipinski definition) is 1. The molecule has 0 bridgehead atoms. The maximum Gasteiger partial charge on any atom is 0.283 e. The molecular weight excluding hydrogens is 388 g/mol. The van der Waals surface area contributed by atoms with Crippen molar-refractivity contribution in [1.29, 1.82) is 0 Å². The zero-order chi connectivity index (χ0) is 15.7. The Balaban J connectivity index is 1.80. The van der Waals surface area contributed by atoms with Gasteiger partial charge in [-0.25, -0.2) is 5.43 Å². The van der Waals surface area contributed by atoms with Crippen LogP contribution in [0.25, 0.3) is 10.1 Å². The van der Waals surface area contributed by atoms with E-state index in [1.807, 2.05) is 31.2 Å². The van der Waals surface area contributed by atoms with Crippen LogP contribution in [0.5, 0.6) is 0 Å². The molecule has 0 atom stereocenters. The molecule has 4 nitrogen and oxygen atoms in total. The molecule has 0 radical (unpaired) electrons. The van der Waals surface area contributed by atoms with E-state index in [1.54, 1.807) is 6.07 Å². The Morgan fingerprint density at radius 2 is 2.23 bits per heavy atom. The molecular formula is C15H10BrClN2O2S. The topological polar surface area (TPSA) is 54.6 Å². The van der Waals surface area contributed by atoms with Crippen LogP contribution in [0.15, 0.2) is 44.3 Å². The molecule has 3 aromatic rings. The number of benzene rings is 1. The lowest BCUT2D eigenvalue weighted by atomic mass is 10.2. The number of aryl methyl sites for hydroxylation is 1. The van der Waals surface area contributed by atoms with Crippen molar-refractivity contribution in [1.82, 2.24) is 5.43 Å². The lowest BCUT2D eigenvalue weighted by Gasteiger charge is -1.96. The van der Waals surface area contributed by atoms with Gasteiger partial charge in [-0.3, -0.25) is 4.79 Å². The predicted octanol–water partition coefficient (Wildman–Crippen LogP) is 4.98. The van der Waals surface area contributed by atoms with Crippen LogP contribution in [-0.2, 0) is 0 Å². The minimum atomic E-state index is -0.346. The van der Waals surface area contributed by atoms with Crippen LogP contribution in [0.2, 0.25) is 5.02 Å². The van der Waals surface area contributed by atoms with Gasteiger partial charge in [0.05, 0.1) is 11.2 Å². The van der Waals surface area contributed by atoms with Gasteiger partial charge in [0.15, 0.2) is 0 Å². The Hall–Kier alpha value is -1.63. The van der Waals surface area contributed by atoms with E-state index in [4.69, 9.17) is 16.0 Å². The summed E-state index contributed by atoms with van der Waals surface area (Å²) in [6.07, 6.45) is 1.45. The largest absolute Gasteiger partial charge is 0.460 e. The van der Waals surface area contributed by atoms with Crippen molar-refractivity contribution in [3.8, 4) is 0 Å². The number of amides is 1. The molecule has 2 aromatic heterocycles. The Morgan fingerprint density at radius 3 is 2.95 bits per heavy atom. The summed E-state index contributed by atoms with van der Waals surface area (Å²) in [4.78, 5) is 12.6. The van der Waals surface area contributed by atoms with Crippen LogP contribution in [0, 0.1) is 6.92 Å². The van der Waals surface area contributed by atoms with Gasteiger partial charge < -0.3 is 4.42 Å². The number of carbonyl (C=O) groups is 1. The zero-order valence-corrected chi connectivity index (χ0v) is 14.6. The van der Waals surface area contributed by atoms with Crippen LogP contribution in [0.4, 0.5) is 0 Å². The van der Waals surface area contributed by atoms with E-state index in [0.29, 0.717) is 15.7 Å². The summed E-state index contributed by atoms with van der Waals surface area (Å²) in [5.74, 6) is 1.01. The number of nitrogens with zero attached hydrogens (tertiary/aromatic N) is 1. The van der Waals surface area contributed by atoms with Gasteiger partial charge in [-0.2, -0.15) is 5.10 Å². The summed E-state index contributed by atoms with van der Waals surface area (Å²) in [6.45, 7) is 1.84. The lowest BCUT2D eigenvalue weighted by molar-refractivity contribution is 0.0959. The van der Waals surface area contributed by atoms with E-state index in [2.05, 4.69) is 26.5 Å². The molecule has 22 heavy (non-hydrogen) atoms. The molecule has 3 rings (SSSR count). The second-order valence-electron chi connectivity index (χ2n) is 4.53. The summed E-state index contributed by atoms with van der Waals surface area (Å²) < 4.78 is 7.21. The van der Waals surface area contributed by atoms with Gasteiger partial charge in [-0.15, -0.1) is 11.3 Å². The van der Waals surface area contributed by atoms with E-state index in [0.717, 1.165) is 20.3 Å². The average Bonchev–Trinajstić information content (AvgIpc) is 3.03. The summed E-state index contributed by atoms with van der Waals surface area (Å²) in [5.41, 5.74) is 2.46. The van der Waals surface area contributed by atoms with E-state index in [9.17, 15) is 4.79 Å². The van der Waals surface area contributed by atoms with Crippen LogP contribution >= 0.6 is 38.9 Å². The first-order valence-corrected chi connectivity index (χ1v) is 8.31. The highest BCUT2D eigenvalue weighted by atomic mass is 79.9. The highest BCUT2D eigenvalue weighted by Gasteiger charge is 2.16. The molecule has 1 aromatic carbocycles. The van der Waals surface area contributed by atoms with Crippen LogP contribution < -0.4 is 5.43 Å². The number of carbonyl (C=O) groups excluding carboxylic acids is 1. The Morgan fingerprint density at radius 1 is 1.41 bits per heavy atom. The number of hydrazone groups is 1. The third-order valence-electron chi connectivity index (χ3n) is 2.92. The highest BCUT2D eigenvalue weighted by molar-refractivity contribution is 9.10. The van der Waals surface area contributed by atoms with Crippen LogP contribution in [-0.4, -0.2) is 12.1 Å². The fourth-order valence-corrected chi connectivity index (χ4v) is 3.87. The normalized spacial score (nSPS) is 11.4.